The van der Waals surface area contributed by atoms with Crippen LogP contribution in [-0.4, -0.2) is 30.4 Å². The highest BCUT2D eigenvalue weighted by Gasteiger charge is 2.19. The van der Waals surface area contributed by atoms with Gasteiger partial charge >= 0.3 is 0 Å². The van der Waals surface area contributed by atoms with Crippen molar-refractivity contribution in [2.45, 2.75) is 24.3 Å². The summed E-state index contributed by atoms with van der Waals surface area (Å²) in [6.45, 7) is 0.245. The number of nitrogens with zero attached hydrogens (tertiary/aromatic N) is 2. The van der Waals surface area contributed by atoms with Crippen molar-refractivity contribution >= 4 is 48.5 Å². The zero-order valence-corrected chi connectivity index (χ0v) is 17.6. The third-order valence-corrected chi connectivity index (χ3v) is 7.06. The Balaban J connectivity index is 1.49. The summed E-state index contributed by atoms with van der Waals surface area (Å²) < 4.78 is 29.1. The van der Waals surface area contributed by atoms with Crippen molar-refractivity contribution in [3.05, 3.63) is 63.1 Å². The molecule has 0 saturated carbocycles. The summed E-state index contributed by atoms with van der Waals surface area (Å²) in [7, 11) is -3.84. The molecule has 150 valence electrons. The molecule has 29 heavy (non-hydrogen) atoms. The molecule has 2 aromatic carbocycles. The molecule has 2 heterocycles. The minimum absolute atomic E-state index is 0.0528. The molecule has 0 saturated heterocycles. The van der Waals surface area contributed by atoms with Gasteiger partial charge in [0.25, 0.3) is 5.56 Å². The first-order valence-electron chi connectivity index (χ1n) is 8.93. The van der Waals surface area contributed by atoms with Gasteiger partial charge < -0.3 is 5.32 Å². The van der Waals surface area contributed by atoms with E-state index in [1.165, 1.54) is 6.07 Å². The molecule has 3 aromatic rings. The predicted molar refractivity (Wildman–Crippen MR) is 112 cm³/mol. The van der Waals surface area contributed by atoms with E-state index < -0.39 is 22.5 Å². The van der Waals surface area contributed by atoms with Crippen molar-refractivity contribution in [2.24, 2.45) is 0 Å². The Hall–Kier alpha value is -2.56. The van der Waals surface area contributed by atoms with Crippen molar-refractivity contribution in [1.82, 2.24) is 14.3 Å². The Morgan fingerprint density at radius 1 is 1.21 bits per heavy atom. The summed E-state index contributed by atoms with van der Waals surface area (Å²) in [5.41, 5.74) is 0.869. The normalized spacial score (nSPS) is 13.4. The summed E-state index contributed by atoms with van der Waals surface area (Å²) in [6, 6.07) is 11.2. The molecule has 1 amide bonds. The van der Waals surface area contributed by atoms with Crippen molar-refractivity contribution < 1.29 is 13.2 Å². The first-order chi connectivity index (χ1) is 13.8. The maximum Gasteiger partial charge on any atom is 0.261 e. The number of aryl methyl sites for hydroxylation is 1. The van der Waals surface area contributed by atoms with Crippen LogP contribution in [0.25, 0.3) is 10.9 Å². The van der Waals surface area contributed by atoms with Crippen LogP contribution < -0.4 is 15.6 Å². The lowest BCUT2D eigenvalue weighted by Gasteiger charge is -2.10. The van der Waals surface area contributed by atoms with E-state index >= 15 is 0 Å². The molecule has 1 aromatic heterocycles. The lowest BCUT2D eigenvalue weighted by atomic mass is 10.2. The quantitative estimate of drug-likeness (QED) is 0.585. The summed E-state index contributed by atoms with van der Waals surface area (Å²) in [6.07, 6.45) is 1.64. The second-order valence-electron chi connectivity index (χ2n) is 6.62. The molecule has 0 bridgehead atoms. The van der Waals surface area contributed by atoms with E-state index in [2.05, 4.69) is 31.0 Å². The van der Waals surface area contributed by atoms with Crippen LogP contribution in [0.4, 0.5) is 5.69 Å². The minimum Gasteiger partial charge on any atom is -0.325 e. The lowest BCUT2D eigenvalue weighted by Crippen LogP contribution is -2.33. The van der Waals surface area contributed by atoms with Crippen LogP contribution in [0.1, 0.15) is 12.2 Å². The molecule has 0 fully saturated rings. The number of benzene rings is 2. The molecule has 1 aliphatic rings. The SMILES string of the molecule is O=C(CNS(=O)(=O)c1ccccc1Br)Nc1ccc2c(=O)n3c(nc2c1)CCC3. The molecule has 1 aliphatic heterocycles. The van der Waals surface area contributed by atoms with Gasteiger partial charge in [0.1, 0.15) is 5.82 Å². The average molecular weight is 477 g/mol. The number of nitrogens with one attached hydrogen (secondary N) is 2. The van der Waals surface area contributed by atoms with Crippen molar-refractivity contribution in [2.75, 3.05) is 11.9 Å². The number of carbonyl (C=O) groups is 1. The summed E-state index contributed by atoms with van der Waals surface area (Å²) in [4.78, 5) is 29.3. The first kappa shape index (κ1) is 19.7. The topological polar surface area (TPSA) is 110 Å². The van der Waals surface area contributed by atoms with Gasteiger partial charge in [-0.15, -0.1) is 0 Å². The van der Waals surface area contributed by atoms with Gasteiger partial charge in [0.15, 0.2) is 0 Å². The number of amides is 1. The number of carbonyl (C=O) groups excluding carboxylic acids is 1. The van der Waals surface area contributed by atoms with E-state index in [0.29, 0.717) is 27.6 Å². The average Bonchev–Trinajstić information content (AvgIpc) is 3.15. The van der Waals surface area contributed by atoms with E-state index in [1.807, 2.05) is 0 Å². The summed E-state index contributed by atoms with van der Waals surface area (Å²) >= 11 is 3.19. The number of aromatic nitrogens is 2. The predicted octanol–water partition coefficient (Wildman–Crippen LogP) is 2.02. The lowest BCUT2D eigenvalue weighted by molar-refractivity contribution is -0.115. The Morgan fingerprint density at radius 2 is 2.00 bits per heavy atom. The van der Waals surface area contributed by atoms with E-state index in [9.17, 15) is 18.0 Å². The van der Waals surface area contributed by atoms with Gasteiger partial charge in [0, 0.05) is 23.1 Å². The zero-order chi connectivity index (χ0) is 20.6. The smallest absolute Gasteiger partial charge is 0.261 e. The highest BCUT2D eigenvalue weighted by molar-refractivity contribution is 9.10. The van der Waals surface area contributed by atoms with Gasteiger partial charge in [0.2, 0.25) is 15.9 Å². The van der Waals surface area contributed by atoms with Gasteiger partial charge in [-0.1, -0.05) is 12.1 Å². The Morgan fingerprint density at radius 3 is 2.79 bits per heavy atom. The molecule has 8 nitrogen and oxygen atoms in total. The Kier molecular flexibility index (Phi) is 5.24. The summed E-state index contributed by atoms with van der Waals surface area (Å²) in [5.74, 6) is 0.213. The highest BCUT2D eigenvalue weighted by Crippen LogP contribution is 2.21. The van der Waals surface area contributed by atoms with E-state index in [1.54, 1.807) is 41.0 Å². The second kappa shape index (κ2) is 7.69. The number of hydrogen-bond acceptors (Lipinski definition) is 5. The monoisotopic (exact) mass is 476 g/mol. The maximum absolute atomic E-state index is 12.5. The Labute approximate surface area is 175 Å². The van der Waals surface area contributed by atoms with Crippen LogP contribution in [-0.2, 0) is 27.8 Å². The third kappa shape index (κ3) is 3.96. The molecule has 4 rings (SSSR count). The molecular formula is C19H17BrN4O4S. The Bertz CT molecular complexity index is 1290. The van der Waals surface area contributed by atoms with Crippen LogP contribution in [0.2, 0.25) is 0 Å². The van der Waals surface area contributed by atoms with Gasteiger partial charge in [-0.3, -0.25) is 14.2 Å². The van der Waals surface area contributed by atoms with Crippen molar-refractivity contribution in [3.63, 3.8) is 0 Å². The maximum atomic E-state index is 12.5. The zero-order valence-electron chi connectivity index (χ0n) is 15.2. The van der Waals surface area contributed by atoms with Gasteiger partial charge in [0.05, 0.1) is 22.3 Å². The molecule has 0 spiro atoms. The number of sulfonamides is 1. The first-order valence-corrected chi connectivity index (χ1v) is 11.2. The highest BCUT2D eigenvalue weighted by atomic mass is 79.9. The van der Waals surface area contributed by atoms with Gasteiger partial charge in [-0.05, 0) is 52.7 Å². The largest absolute Gasteiger partial charge is 0.325 e. The van der Waals surface area contributed by atoms with Crippen LogP contribution in [0, 0.1) is 0 Å². The van der Waals surface area contributed by atoms with Crippen LogP contribution in [0.15, 0.2) is 56.6 Å². The standard InChI is InChI=1S/C19H17BrN4O4S/c20-14-4-1-2-5-16(14)29(27,28)21-11-18(25)22-12-7-8-13-15(10-12)23-17-6-3-9-24(17)19(13)26/h1-2,4-5,7-8,10,21H,3,6,9,11H2,(H,22,25). The molecule has 2 N–H and O–H groups in total. The summed E-state index contributed by atoms with van der Waals surface area (Å²) in [5, 5.41) is 3.12. The second-order valence-corrected chi connectivity index (χ2v) is 9.21. The molecular weight excluding hydrogens is 460 g/mol. The third-order valence-electron chi connectivity index (χ3n) is 4.65. The van der Waals surface area contributed by atoms with E-state index in [-0.39, 0.29) is 10.5 Å². The van der Waals surface area contributed by atoms with Crippen molar-refractivity contribution in [3.8, 4) is 0 Å². The van der Waals surface area contributed by atoms with Crippen molar-refractivity contribution in [1.29, 1.82) is 0 Å². The van der Waals surface area contributed by atoms with Gasteiger partial charge in [-0.25, -0.2) is 18.1 Å². The van der Waals surface area contributed by atoms with Crippen LogP contribution in [0.3, 0.4) is 0 Å². The van der Waals surface area contributed by atoms with Gasteiger partial charge in [-0.2, -0.15) is 0 Å². The number of rotatable bonds is 5. The molecule has 0 aliphatic carbocycles. The number of fused-ring (bicyclic) bond motifs is 2. The van der Waals surface area contributed by atoms with Crippen LogP contribution >= 0.6 is 15.9 Å². The minimum atomic E-state index is -3.84. The molecule has 0 atom stereocenters. The number of halogens is 1. The van der Waals surface area contributed by atoms with E-state index in [0.717, 1.165) is 18.7 Å². The fourth-order valence-electron chi connectivity index (χ4n) is 3.27. The van der Waals surface area contributed by atoms with E-state index in [4.69, 9.17) is 0 Å². The fourth-order valence-corrected chi connectivity index (χ4v) is 5.25. The molecule has 10 heteroatoms. The molecule has 0 radical (unpaired) electrons. The number of anilines is 1. The van der Waals surface area contributed by atoms with Crippen LogP contribution in [0.5, 0.6) is 0 Å². The fraction of sp³-hybridized carbons (Fsp3) is 0.211. The molecule has 0 unspecified atom stereocenters. The number of hydrogen-bond donors (Lipinski definition) is 2.